The van der Waals surface area contributed by atoms with Gasteiger partial charge in [-0.25, -0.2) is 8.42 Å². The van der Waals surface area contributed by atoms with Gasteiger partial charge in [-0.05, 0) is 68.8 Å². The second-order valence-corrected chi connectivity index (χ2v) is 9.47. The molecule has 0 heterocycles. The van der Waals surface area contributed by atoms with Crippen LogP contribution in [0, 0.1) is 20.8 Å². The number of aryl methyl sites for hydroxylation is 3. The van der Waals surface area contributed by atoms with Gasteiger partial charge in [-0.3, -0.25) is 9.10 Å². The smallest absolute Gasteiger partial charge is 0.264 e. The van der Waals surface area contributed by atoms with Crippen LogP contribution in [0.5, 0.6) is 0 Å². The Bertz CT molecular complexity index is 1160. The average Bonchev–Trinajstić information content (AvgIpc) is 2.69. The van der Waals surface area contributed by atoms with Gasteiger partial charge in [-0.2, -0.15) is 0 Å². The number of halogens is 1. The molecule has 1 N–H and O–H groups in total. The monoisotopic (exact) mass is 442 g/mol. The third kappa shape index (κ3) is 5.01. The Morgan fingerprint density at radius 2 is 1.50 bits per heavy atom. The summed E-state index contributed by atoms with van der Waals surface area (Å²) in [6.07, 6.45) is 0. The van der Waals surface area contributed by atoms with E-state index in [1.54, 1.807) is 36.4 Å². The van der Waals surface area contributed by atoms with Crippen LogP contribution in [0.1, 0.15) is 16.7 Å². The molecular formula is C23H23ClN2O3S. The Kier molecular flexibility index (Phi) is 6.48. The van der Waals surface area contributed by atoms with Crippen LogP contribution in [0.2, 0.25) is 5.02 Å². The highest BCUT2D eigenvalue weighted by molar-refractivity contribution is 7.92. The fourth-order valence-electron chi connectivity index (χ4n) is 3.03. The number of nitrogens with zero attached hydrogens (tertiary/aromatic N) is 1. The largest absolute Gasteiger partial charge is 0.324 e. The molecule has 3 aromatic rings. The van der Waals surface area contributed by atoms with Crippen molar-refractivity contribution < 1.29 is 13.2 Å². The maximum absolute atomic E-state index is 13.3. The Labute approximate surface area is 182 Å². The summed E-state index contributed by atoms with van der Waals surface area (Å²) >= 11 is 5.96. The minimum atomic E-state index is -3.96. The van der Waals surface area contributed by atoms with Gasteiger partial charge in [0.05, 0.1) is 10.6 Å². The van der Waals surface area contributed by atoms with Crippen molar-refractivity contribution in [1.29, 1.82) is 0 Å². The summed E-state index contributed by atoms with van der Waals surface area (Å²) in [5.74, 6) is -0.437. The first-order valence-electron chi connectivity index (χ1n) is 9.39. The van der Waals surface area contributed by atoms with E-state index in [2.05, 4.69) is 5.32 Å². The molecule has 3 rings (SSSR count). The van der Waals surface area contributed by atoms with Gasteiger partial charge in [-0.15, -0.1) is 0 Å². The van der Waals surface area contributed by atoms with Crippen LogP contribution >= 0.6 is 11.6 Å². The molecule has 5 nitrogen and oxygen atoms in total. The average molecular weight is 443 g/mol. The van der Waals surface area contributed by atoms with Gasteiger partial charge in [0.15, 0.2) is 0 Å². The van der Waals surface area contributed by atoms with Crippen molar-refractivity contribution >= 4 is 38.9 Å². The number of hydrogen-bond acceptors (Lipinski definition) is 3. The van der Waals surface area contributed by atoms with E-state index >= 15 is 0 Å². The molecule has 0 aliphatic carbocycles. The fraction of sp³-hybridized carbons (Fsp3) is 0.174. The Balaban J connectivity index is 1.94. The molecule has 0 saturated heterocycles. The highest BCUT2D eigenvalue weighted by Crippen LogP contribution is 2.26. The van der Waals surface area contributed by atoms with Crippen LogP contribution < -0.4 is 9.62 Å². The highest BCUT2D eigenvalue weighted by atomic mass is 35.5. The van der Waals surface area contributed by atoms with Crippen LogP contribution in [0.15, 0.2) is 71.6 Å². The summed E-state index contributed by atoms with van der Waals surface area (Å²) in [4.78, 5) is 12.9. The zero-order valence-corrected chi connectivity index (χ0v) is 18.6. The molecule has 0 aliphatic rings. The number of nitrogens with one attached hydrogen (secondary N) is 1. The number of benzene rings is 3. The molecule has 0 fully saturated rings. The zero-order chi connectivity index (χ0) is 21.9. The van der Waals surface area contributed by atoms with E-state index in [1.165, 1.54) is 12.1 Å². The minimum absolute atomic E-state index is 0.113. The van der Waals surface area contributed by atoms with Gasteiger partial charge in [0, 0.05) is 10.7 Å². The summed E-state index contributed by atoms with van der Waals surface area (Å²) in [6.45, 7) is 5.37. The van der Waals surface area contributed by atoms with Gasteiger partial charge in [0.1, 0.15) is 6.54 Å². The molecule has 0 bridgehead atoms. The molecule has 0 atom stereocenters. The molecule has 0 aromatic heterocycles. The van der Waals surface area contributed by atoms with E-state index in [-0.39, 0.29) is 11.4 Å². The lowest BCUT2D eigenvalue weighted by molar-refractivity contribution is -0.114. The maximum atomic E-state index is 13.3. The Hall–Kier alpha value is -2.83. The van der Waals surface area contributed by atoms with Gasteiger partial charge < -0.3 is 5.32 Å². The summed E-state index contributed by atoms with van der Waals surface area (Å²) < 4.78 is 27.8. The van der Waals surface area contributed by atoms with E-state index in [4.69, 9.17) is 11.6 Å². The molecule has 30 heavy (non-hydrogen) atoms. The summed E-state index contributed by atoms with van der Waals surface area (Å²) in [7, 11) is -3.96. The van der Waals surface area contributed by atoms with Crippen molar-refractivity contribution in [3.05, 3.63) is 88.4 Å². The topological polar surface area (TPSA) is 66.5 Å². The maximum Gasteiger partial charge on any atom is 0.264 e. The van der Waals surface area contributed by atoms with Crippen molar-refractivity contribution in [3.63, 3.8) is 0 Å². The highest BCUT2D eigenvalue weighted by Gasteiger charge is 2.27. The van der Waals surface area contributed by atoms with Gasteiger partial charge in [0.2, 0.25) is 5.91 Å². The summed E-state index contributed by atoms with van der Waals surface area (Å²) in [6, 6.07) is 18.5. The number of hydrogen-bond donors (Lipinski definition) is 1. The lowest BCUT2D eigenvalue weighted by Gasteiger charge is -2.24. The molecule has 1 amide bonds. The molecule has 0 aliphatic heterocycles. The summed E-state index contributed by atoms with van der Waals surface area (Å²) in [5, 5.41) is 3.29. The number of anilines is 2. The third-order valence-corrected chi connectivity index (χ3v) is 6.71. The second-order valence-electron chi connectivity index (χ2n) is 7.17. The van der Waals surface area contributed by atoms with E-state index < -0.39 is 15.9 Å². The number of rotatable bonds is 6. The van der Waals surface area contributed by atoms with E-state index in [0.717, 1.165) is 21.0 Å². The van der Waals surface area contributed by atoms with Crippen LogP contribution in [0.25, 0.3) is 0 Å². The number of amides is 1. The zero-order valence-electron chi connectivity index (χ0n) is 17.0. The first-order valence-corrected chi connectivity index (χ1v) is 11.2. The van der Waals surface area contributed by atoms with E-state index in [9.17, 15) is 13.2 Å². The molecule has 0 spiro atoms. The lowest BCUT2D eigenvalue weighted by atomic mass is 10.1. The van der Waals surface area contributed by atoms with E-state index in [0.29, 0.717) is 16.4 Å². The normalized spacial score (nSPS) is 11.2. The quantitative estimate of drug-likeness (QED) is 0.577. The van der Waals surface area contributed by atoms with Crippen LogP contribution in [0.3, 0.4) is 0 Å². The second kappa shape index (κ2) is 8.90. The fourth-order valence-corrected chi connectivity index (χ4v) is 4.58. The molecule has 0 unspecified atom stereocenters. The van der Waals surface area contributed by atoms with Crippen LogP contribution in [-0.4, -0.2) is 20.9 Å². The molecule has 156 valence electrons. The van der Waals surface area contributed by atoms with E-state index in [1.807, 2.05) is 39.0 Å². The predicted octanol–water partition coefficient (Wildman–Crippen LogP) is 5.10. The van der Waals surface area contributed by atoms with Crippen molar-refractivity contribution in [2.75, 3.05) is 16.2 Å². The van der Waals surface area contributed by atoms with Crippen molar-refractivity contribution in [1.82, 2.24) is 0 Å². The van der Waals surface area contributed by atoms with Crippen molar-refractivity contribution in [2.24, 2.45) is 0 Å². The van der Waals surface area contributed by atoms with Gasteiger partial charge >= 0.3 is 0 Å². The predicted molar refractivity (Wildman–Crippen MR) is 122 cm³/mol. The SMILES string of the molecule is Cc1ccc(S(=O)(=O)N(CC(=O)Nc2ccc(C)cc2C)c2ccc(Cl)cc2)cc1. The molecule has 3 aromatic carbocycles. The molecular weight excluding hydrogens is 420 g/mol. The lowest BCUT2D eigenvalue weighted by Crippen LogP contribution is -2.38. The minimum Gasteiger partial charge on any atom is -0.324 e. The van der Waals surface area contributed by atoms with Gasteiger partial charge in [-0.1, -0.05) is 47.0 Å². The van der Waals surface area contributed by atoms with Crippen LogP contribution in [0.4, 0.5) is 11.4 Å². The third-order valence-electron chi connectivity index (χ3n) is 4.67. The number of carbonyl (C=O) groups excluding carboxylic acids is 1. The molecule has 7 heteroatoms. The van der Waals surface area contributed by atoms with Crippen molar-refractivity contribution in [2.45, 2.75) is 25.7 Å². The molecule has 0 saturated carbocycles. The van der Waals surface area contributed by atoms with Gasteiger partial charge in [0.25, 0.3) is 10.0 Å². The Morgan fingerprint density at radius 1 is 0.900 bits per heavy atom. The Morgan fingerprint density at radius 3 is 2.10 bits per heavy atom. The standard InChI is InChI=1S/C23H23ClN2O3S/c1-16-4-11-21(12-5-16)30(28,29)26(20-9-7-19(24)8-10-20)15-23(27)25-22-13-6-17(2)14-18(22)3/h4-14H,15H2,1-3H3,(H,25,27). The first-order chi connectivity index (χ1) is 14.2. The van der Waals surface area contributed by atoms with Crippen molar-refractivity contribution in [3.8, 4) is 0 Å². The number of carbonyl (C=O) groups is 1. The summed E-state index contributed by atoms with van der Waals surface area (Å²) in [5.41, 5.74) is 3.93. The molecule has 0 radical (unpaired) electrons. The first kappa shape index (κ1) is 21.9. The number of sulfonamides is 1. The van der Waals surface area contributed by atoms with Crippen LogP contribution in [-0.2, 0) is 14.8 Å².